The molecule has 0 saturated carbocycles. The maximum atomic E-state index is 9.83. The van der Waals surface area contributed by atoms with Crippen LogP contribution in [0.1, 0.15) is 28.8 Å². The fraction of sp³-hybridized carbons (Fsp3) is 0. The summed E-state index contributed by atoms with van der Waals surface area (Å²) < 4.78 is 199. The highest BCUT2D eigenvalue weighted by Gasteiger charge is 2.24. The normalized spacial score (nSPS) is 13.6. The van der Waals surface area contributed by atoms with Crippen LogP contribution >= 0.6 is 0 Å². The molecule has 2 heterocycles. The number of aromatic nitrogens is 2. The lowest BCUT2D eigenvalue weighted by molar-refractivity contribution is 1.18. The van der Waals surface area contributed by atoms with E-state index in [2.05, 4.69) is 124 Å². The third-order valence-corrected chi connectivity index (χ3v) is 22.4. The average molecular weight is 1600 g/mol. The maximum Gasteiger partial charge on any atom is 0.0645 e. The number of fused-ring (bicyclic) bond motifs is 6. The Balaban J connectivity index is 0.000000173. The van der Waals surface area contributed by atoms with Gasteiger partial charge in [-0.25, -0.2) is 0 Å². The molecule has 0 unspecified atom stereocenters. The molecule has 2 aromatic heterocycles. The Labute approximate surface area is 753 Å². The zero-order valence-corrected chi connectivity index (χ0v) is 66.7. The summed E-state index contributed by atoms with van der Waals surface area (Å²) in [5.74, 6) is 0. The topological polar surface area (TPSA) is 16.3 Å². The van der Waals surface area contributed by atoms with E-state index in [0.29, 0.717) is 27.9 Å². The summed E-state index contributed by atoms with van der Waals surface area (Å²) in [5.41, 5.74) is 16.7. The fourth-order valence-electron chi connectivity index (χ4n) is 16.5. The minimum absolute atomic E-state index is 0.0382. The van der Waals surface area contributed by atoms with E-state index in [1.807, 2.05) is 211 Å². The van der Waals surface area contributed by atoms with Crippen molar-refractivity contribution in [3.63, 3.8) is 0 Å². The van der Waals surface area contributed by atoms with Crippen molar-refractivity contribution in [2.24, 2.45) is 0 Å². The molecule has 20 aromatic carbocycles. The summed E-state index contributed by atoms with van der Waals surface area (Å²) in [6.07, 6.45) is 0. The second-order valence-corrected chi connectivity index (χ2v) is 29.8. The summed E-state index contributed by atoms with van der Waals surface area (Å²) in [6, 6.07) is 112. The van der Waals surface area contributed by atoms with Crippen molar-refractivity contribution in [3.05, 3.63) is 509 Å². The molecule has 0 amide bonds. The van der Waals surface area contributed by atoms with Gasteiger partial charge in [0.1, 0.15) is 0 Å². The predicted molar refractivity (Wildman–Crippen MR) is 525 cm³/mol. The second kappa shape index (κ2) is 33.8. The Kier molecular flexibility index (Phi) is 15.1. The van der Waals surface area contributed by atoms with Gasteiger partial charge in [0.05, 0.1) is 73.6 Å². The van der Waals surface area contributed by atoms with Crippen molar-refractivity contribution < 1.29 is 28.8 Å². The quantitative estimate of drug-likeness (QED) is 0.0851. The first-order chi connectivity index (χ1) is 70.3. The third-order valence-electron chi connectivity index (χ3n) is 22.4. The molecule has 0 fully saturated rings. The Morgan fingerprint density at radius 3 is 0.806 bits per heavy atom. The SMILES string of the molecule is [2H]c1c([2H])c(N(c2ccc(-c3ccc(-c4ccccc4)cc3)cc2)c2ccccc2-c2ccccc2)c([2H])c([2H])c1-c1ccc2c(c1)c1ccccc1n2-c1ccccc1-c1ccccc1.[2H]c1c([2H])c([2H])c(-c2c([2H])c([2H])c(-c3c([2H])c([2H])c(N(c4ccccc4-c4ccccc4)c4c([2H])c([2H])c(-c5ccc6c(c5)c5ccccc5n6-c5ccccc5-c5ccccc5)c([2H])c4[2H])c([2H])c3[2H])c([2H])c2[2H])c([2H])c1[2H]. The van der Waals surface area contributed by atoms with Gasteiger partial charge in [0.25, 0.3) is 0 Å². The Bertz CT molecular complexity index is 8790. The van der Waals surface area contributed by atoms with Crippen LogP contribution in [0.2, 0.25) is 0 Å². The van der Waals surface area contributed by atoms with Crippen molar-refractivity contribution in [2.45, 2.75) is 0 Å². The molecule has 0 radical (unpaired) electrons. The Morgan fingerprint density at radius 2 is 0.419 bits per heavy atom. The first kappa shape index (κ1) is 55.4. The van der Waals surface area contributed by atoms with Gasteiger partial charge in [-0.2, -0.15) is 0 Å². The average Bonchev–Trinajstić information content (AvgIpc) is 1.62. The van der Waals surface area contributed by atoms with Crippen LogP contribution in [0.25, 0.3) is 166 Å². The molecule has 0 aliphatic carbocycles. The first-order valence-electron chi connectivity index (χ1n) is 51.3. The van der Waals surface area contributed by atoms with Gasteiger partial charge in [0, 0.05) is 66.5 Å². The second-order valence-electron chi connectivity index (χ2n) is 29.8. The van der Waals surface area contributed by atoms with Gasteiger partial charge in [-0.15, -0.1) is 0 Å². The van der Waals surface area contributed by atoms with Gasteiger partial charge in [-0.3, -0.25) is 0 Å². The molecule has 4 heteroatoms. The van der Waals surface area contributed by atoms with Crippen LogP contribution in [0, 0.1) is 0 Å². The largest absolute Gasteiger partial charge is 0.310 e. The molecule has 4 nitrogen and oxygen atoms in total. The lowest BCUT2D eigenvalue weighted by atomic mass is 9.99. The number of rotatable bonds is 18. The fourth-order valence-corrected chi connectivity index (χ4v) is 16.5. The molecule has 0 aliphatic rings. The van der Waals surface area contributed by atoms with Gasteiger partial charge in [-0.1, -0.05) is 400 Å². The van der Waals surface area contributed by atoms with E-state index >= 15 is 0 Å². The van der Waals surface area contributed by atoms with Gasteiger partial charge >= 0.3 is 0 Å². The van der Waals surface area contributed by atoms with Crippen molar-refractivity contribution in [1.29, 1.82) is 0 Å². The first-order valence-corrected chi connectivity index (χ1v) is 40.8. The Hall–Kier alpha value is -16.4. The monoisotopic (exact) mass is 1600 g/mol. The minimum Gasteiger partial charge on any atom is -0.310 e. The standard InChI is InChI=1S/2C60H42N2/c2*1-4-16-43(17-5-1)44-28-30-45(31-29-44)46-32-37-51(38-33-46)61(57-25-13-10-22-53(57)48-18-6-2-7-19-48)52-39-34-47(35-40-52)50-36-41-60-56(42-50)55-24-12-15-27-59(55)62(60)58-26-14-11-23-54(58)49-20-8-3-9-21-49/h2*1-42H/i1D,4D,5D,16D,17D,28D,29D,30D,31D,32D,33D,34D,35D,37D,38D,39D,40D;34D,35D,39D,40D. The zero-order chi connectivity index (χ0) is 101. The molecular formula is C120H84N4. The number of hydrogen-bond acceptors (Lipinski definition) is 2. The van der Waals surface area contributed by atoms with Crippen molar-refractivity contribution in [3.8, 4) is 123 Å². The van der Waals surface area contributed by atoms with Gasteiger partial charge in [-0.05, 0) is 198 Å². The van der Waals surface area contributed by atoms with E-state index < -0.39 is 136 Å². The van der Waals surface area contributed by atoms with E-state index in [-0.39, 0.29) is 46.7 Å². The smallest absolute Gasteiger partial charge is 0.0645 e. The highest BCUT2D eigenvalue weighted by Crippen LogP contribution is 2.47. The summed E-state index contributed by atoms with van der Waals surface area (Å²) in [7, 11) is 0. The molecule has 124 heavy (non-hydrogen) atoms. The highest BCUT2D eigenvalue weighted by atomic mass is 15.2. The van der Waals surface area contributed by atoms with Crippen LogP contribution in [0.15, 0.2) is 509 Å². The Morgan fingerprint density at radius 1 is 0.161 bits per heavy atom. The molecule has 0 spiro atoms. The van der Waals surface area contributed by atoms with Crippen LogP contribution in [-0.4, -0.2) is 9.13 Å². The van der Waals surface area contributed by atoms with Crippen LogP contribution in [0.5, 0.6) is 0 Å². The van der Waals surface area contributed by atoms with E-state index in [9.17, 15) is 16.4 Å². The molecule has 0 atom stereocenters. The van der Waals surface area contributed by atoms with E-state index in [1.54, 1.807) is 60.7 Å². The van der Waals surface area contributed by atoms with Crippen molar-refractivity contribution in [1.82, 2.24) is 9.13 Å². The lowest BCUT2D eigenvalue weighted by Gasteiger charge is -2.28. The van der Waals surface area contributed by atoms with Gasteiger partial charge < -0.3 is 18.9 Å². The van der Waals surface area contributed by atoms with Crippen LogP contribution in [-0.2, 0) is 0 Å². The summed E-state index contributed by atoms with van der Waals surface area (Å²) >= 11 is 0. The number of hydrogen-bond donors (Lipinski definition) is 0. The van der Waals surface area contributed by atoms with Crippen molar-refractivity contribution >= 4 is 77.7 Å². The van der Waals surface area contributed by atoms with Crippen LogP contribution in [0.3, 0.4) is 0 Å². The summed E-state index contributed by atoms with van der Waals surface area (Å²) in [5, 5.41) is 3.65. The van der Waals surface area contributed by atoms with E-state index in [4.69, 9.17) is 12.3 Å². The maximum absolute atomic E-state index is 9.83. The number of nitrogens with zero attached hydrogens (tertiary/aromatic N) is 4. The van der Waals surface area contributed by atoms with Crippen molar-refractivity contribution in [2.75, 3.05) is 9.80 Å². The zero-order valence-electron chi connectivity index (χ0n) is 87.7. The summed E-state index contributed by atoms with van der Waals surface area (Å²) in [6.45, 7) is 0. The predicted octanol–water partition coefficient (Wildman–Crippen LogP) is 33.2. The highest BCUT2D eigenvalue weighted by molar-refractivity contribution is 6.13. The molecule has 22 aromatic rings. The van der Waals surface area contributed by atoms with Crippen LogP contribution < -0.4 is 9.80 Å². The number of para-hydroxylation sites is 6. The lowest BCUT2D eigenvalue weighted by Crippen LogP contribution is -2.11. The molecule has 22 rings (SSSR count). The van der Waals surface area contributed by atoms with E-state index in [1.165, 1.54) is 0 Å². The molecule has 0 aliphatic heterocycles. The third kappa shape index (κ3) is 14.8. The van der Waals surface area contributed by atoms with Crippen LogP contribution in [0.4, 0.5) is 34.1 Å². The summed E-state index contributed by atoms with van der Waals surface area (Å²) in [4.78, 5) is 3.05. The number of benzene rings is 20. The van der Waals surface area contributed by atoms with Gasteiger partial charge in [0.15, 0.2) is 0 Å². The molecule has 0 bridgehead atoms. The molecular weight excluding hydrogens is 1500 g/mol. The molecule has 0 saturated heterocycles. The molecule has 584 valence electrons. The molecule has 0 N–H and O–H groups in total. The van der Waals surface area contributed by atoms with Gasteiger partial charge in [0.2, 0.25) is 0 Å². The van der Waals surface area contributed by atoms with E-state index in [0.717, 1.165) is 121 Å². The minimum atomic E-state index is -0.877. The number of anilines is 6.